The lowest BCUT2D eigenvalue weighted by Crippen LogP contribution is -2.28. The van der Waals surface area contributed by atoms with Crippen LogP contribution in [-0.4, -0.2) is 26.3 Å². The van der Waals surface area contributed by atoms with E-state index < -0.39 is 0 Å². The molecule has 7 heteroatoms. The van der Waals surface area contributed by atoms with Gasteiger partial charge in [0.25, 0.3) is 6.71 Å². The molecule has 0 amide bonds. The smallest absolute Gasteiger partial charge is 0.269 e. The van der Waals surface area contributed by atoms with Gasteiger partial charge in [0, 0.05) is 23.4 Å². The van der Waals surface area contributed by atoms with Crippen molar-refractivity contribution in [2.75, 3.05) is 0 Å². The summed E-state index contributed by atoms with van der Waals surface area (Å²) in [6, 6.07) is 4.07. The SMILES string of the molecule is CC.Cn1cc(-n2ncc3cc(Cl)c(C4CB(C#N)C4)cc32)cn1. The summed E-state index contributed by atoms with van der Waals surface area (Å²) in [6.07, 6.45) is 7.31. The first kappa shape index (κ1) is 16.6. The van der Waals surface area contributed by atoms with E-state index in [2.05, 4.69) is 22.2 Å². The number of aryl methyl sites for hydroxylation is 1. The highest BCUT2D eigenvalue weighted by atomic mass is 35.5. The maximum Gasteiger partial charge on any atom is 0.269 e. The standard InChI is InChI=1S/C15H13BClN5.C2H6/c1-21-8-12(7-19-21)22-15-3-13(11-4-16(5-11)9-18)14(17)2-10(15)6-20-22;1-2/h2-3,6-8,11H,4-5H2,1H3;1-2H3. The van der Waals surface area contributed by atoms with Crippen LogP contribution in [0.1, 0.15) is 25.3 Å². The molecule has 1 saturated heterocycles. The molecule has 0 N–H and O–H groups in total. The summed E-state index contributed by atoms with van der Waals surface area (Å²) in [5, 5.41) is 19.4. The summed E-state index contributed by atoms with van der Waals surface area (Å²) in [6.45, 7) is 4.17. The van der Waals surface area contributed by atoms with Gasteiger partial charge in [0.2, 0.25) is 0 Å². The first-order chi connectivity index (χ1) is 11.7. The third-order valence-electron chi connectivity index (χ3n) is 4.38. The van der Waals surface area contributed by atoms with Gasteiger partial charge in [-0.05, 0) is 23.6 Å². The van der Waals surface area contributed by atoms with Crippen molar-refractivity contribution in [3.8, 4) is 11.7 Å². The molecular weight excluding hydrogens is 320 g/mol. The summed E-state index contributed by atoms with van der Waals surface area (Å²) in [5.41, 5.74) is 3.06. The van der Waals surface area contributed by atoms with Crippen LogP contribution in [0.4, 0.5) is 0 Å². The van der Waals surface area contributed by atoms with E-state index in [9.17, 15) is 0 Å². The van der Waals surface area contributed by atoms with Gasteiger partial charge in [-0.15, -0.1) is 0 Å². The van der Waals surface area contributed by atoms with E-state index in [1.54, 1.807) is 10.9 Å². The number of benzene rings is 1. The van der Waals surface area contributed by atoms with Crippen LogP contribution >= 0.6 is 11.6 Å². The molecule has 0 spiro atoms. The van der Waals surface area contributed by atoms with Crippen LogP contribution in [-0.2, 0) is 7.05 Å². The average molecular weight is 340 g/mol. The van der Waals surface area contributed by atoms with Crippen molar-refractivity contribution >= 4 is 29.2 Å². The van der Waals surface area contributed by atoms with Crippen molar-refractivity contribution in [1.29, 1.82) is 5.26 Å². The van der Waals surface area contributed by atoms with Crippen molar-refractivity contribution in [3.05, 3.63) is 41.3 Å². The first-order valence-corrected chi connectivity index (χ1v) is 8.59. The quantitative estimate of drug-likeness (QED) is 0.661. The number of fused-ring (bicyclic) bond motifs is 1. The second kappa shape index (κ2) is 6.70. The highest BCUT2D eigenvalue weighted by molar-refractivity contribution is 6.70. The molecule has 0 radical (unpaired) electrons. The second-order valence-corrected chi connectivity index (χ2v) is 6.26. The molecule has 1 fully saturated rings. The van der Waals surface area contributed by atoms with Gasteiger partial charge in [0.15, 0.2) is 0 Å². The zero-order valence-corrected chi connectivity index (χ0v) is 14.8. The molecule has 0 aliphatic carbocycles. The Morgan fingerprint density at radius 1 is 1.25 bits per heavy atom. The van der Waals surface area contributed by atoms with E-state index in [0.717, 1.165) is 39.8 Å². The molecule has 0 unspecified atom stereocenters. The van der Waals surface area contributed by atoms with E-state index in [1.165, 1.54) is 0 Å². The normalized spacial score (nSPS) is 14.0. The number of rotatable bonds is 2. The van der Waals surface area contributed by atoms with Crippen LogP contribution in [0.25, 0.3) is 16.6 Å². The topological polar surface area (TPSA) is 59.4 Å². The average Bonchev–Trinajstić information content (AvgIpc) is 3.14. The number of nitriles is 1. The van der Waals surface area contributed by atoms with Crippen LogP contribution in [0.2, 0.25) is 17.7 Å². The monoisotopic (exact) mass is 339 g/mol. The fraction of sp³-hybridized carbons (Fsp3) is 0.353. The molecule has 0 atom stereocenters. The molecule has 5 nitrogen and oxygen atoms in total. The van der Waals surface area contributed by atoms with Crippen molar-refractivity contribution in [1.82, 2.24) is 19.6 Å². The summed E-state index contributed by atoms with van der Waals surface area (Å²) in [4.78, 5) is 0. The third kappa shape index (κ3) is 2.80. The van der Waals surface area contributed by atoms with Gasteiger partial charge >= 0.3 is 0 Å². The maximum atomic E-state index is 8.95. The molecule has 2 aromatic heterocycles. The minimum atomic E-state index is 0.167. The number of nitrogens with zero attached hydrogens (tertiary/aromatic N) is 5. The first-order valence-electron chi connectivity index (χ1n) is 8.21. The van der Waals surface area contributed by atoms with Crippen molar-refractivity contribution in [2.24, 2.45) is 7.05 Å². The summed E-state index contributed by atoms with van der Waals surface area (Å²) < 4.78 is 3.63. The fourth-order valence-corrected chi connectivity index (χ4v) is 3.40. The largest absolute Gasteiger partial charge is 0.274 e. The van der Waals surface area contributed by atoms with Crippen LogP contribution < -0.4 is 0 Å². The zero-order chi connectivity index (χ0) is 17.3. The summed E-state index contributed by atoms with van der Waals surface area (Å²) >= 11 is 6.42. The molecule has 3 aromatic rings. The Morgan fingerprint density at radius 3 is 2.62 bits per heavy atom. The second-order valence-electron chi connectivity index (χ2n) is 5.86. The summed E-state index contributed by atoms with van der Waals surface area (Å²) in [5.74, 6) is 2.69. The Balaban J connectivity index is 0.000000815. The zero-order valence-electron chi connectivity index (χ0n) is 14.1. The Hall–Kier alpha value is -2.26. The van der Waals surface area contributed by atoms with Crippen molar-refractivity contribution in [2.45, 2.75) is 32.4 Å². The Kier molecular flexibility index (Phi) is 4.63. The van der Waals surface area contributed by atoms with Gasteiger partial charge in [0.1, 0.15) is 5.69 Å². The molecule has 24 heavy (non-hydrogen) atoms. The predicted octanol–water partition coefficient (Wildman–Crippen LogP) is 4.09. The number of hydrogen-bond donors (Lipinski definition) is 0. The molecule has 4 rings (SSSR count). The lowest BCUT2D eigenvalue weighted by Gasteiger charge is -2.29. The summed E-state index contributed by atoms with van der Waals surface area (Å²) in [7, 11) is 1.88. The van der Waals surface area contributed by atoms with Crippen LogP contribution in [0.15, 0.2) is 30.7 Å². The minimum absolute atomic E-state index is 0.167. The lowest BCUT2D eigenvalue weighted by molar-refractivity contribution is 0.766. The van der Waals surface area contributed by atoms with E-state index in [1.807, 2.05) is 44.0 Å². The molecule has 3 heterocycles. The highest BCUT2D eigenvalue weighted by Crippen LogP contribution is 2.42. The molecule has 0 bridgehead atoms. The molecule has 1 aliphatic rings. The number of halogens is 1. The van der Waals surface area contributed by atoms with Gasteiger partial charge < -0.3 is 0 Å². The van der Waals surface area contributed by atoms with E-state index >= 15 is 0 Å². The van der Waals surface area contributed by atoms with Crippen LogP contribution in [0.5, 0.6) is 0 Å². The van der Waals surface area contributed by atoms with Gasteiger partial charge in [-0.25, -0.2) is 9.94 Å². The number of aromatic nitrogens is 4. The van der Waals surface area contributed by atoms with E-state index in [4.69, 9.17) is 16.9 Å². The predicted molar refractivity (Wildman–Crippen MR) is 97.9 cm³/mol. The third-order valence-corrected chi connectivity index (χ3v) is 4.71. The Morgan fingerprint density at radius 2 is 2.00 bits per heavy atom. The van der Waals surface area contributed by atoms with E-state index in [-0.39, 0.29) is 6.71 Å². The van der Waals surface area contributed by atoms with Crippen LogP contribution in [0, 0.1) is 11.2 Å². The number of hydrogen-bond acceptors (Lipinski definition) is 3. The van der Waals surface area contributed by atoms with Gasteiger partial charge in [-0.1, -0.05) is 38.1 Å². The Bertz CT molecular complexity index is 901. The molecule has 1 aliphatic heterocycles. The van der Waals surface area contributed by atoms with Crippen molar-refractivity contribution in [3.63, 3.8) is 0 Å². The highest BCUT2D eigenvalue weighted by Gasteiger charge is 2.35. The molecule has 122 valence electrons. The van der Waals surface area contributed by atoms with Crippen molar-refractivity contribution < 1.29 is 0 Å². The molecular formula is C17H19BClN5. The van der Waals surface area contributed by atoms with Crippen LogP contribution in [0.3, 0.4) is 0 Å². The molecule has 1 aromatic carbocycles. The Labute approximate surface area is 146 Å². The van der Waals surface area contributed by atoms with Gasteiger partial charge in [-0.2, -0.15) is 10.2 Å². The van der Waals surface area contributed by atoms with E-state index in [0.29, 0.717) is 5.92 Å². The van der Waals surface area contributed by atoms with Gasteiger partial charge in [0.05, 0.1) is 24.1 Å². The fourth-order valence-electron chi connectivity index (χ4n) is 3.08. The maximum absolute atomic E-state index is 8.95. The molecule has 0 saturated carbocycles. The lowest BCUT2D eigenvalue weighted by atomic mass is 9.32. The van der Waals surface area contributed by atoms with Gasteiger partial charge in [-0.3, -0.25) is 4.68 Å². The minimum Gasteiger partial charge on any atom is -0.274 e.